The summed E-state index contributed by atoms with van der Waals surface area (Å²) in [4.78, 5) is 5.38. The quantitative estimate of drug-likeness (QED) is 0.651. The third-order valence-electron chi connectivity index (χ3n) is 3.66. The molecule has 0 aliphatic carbocycles. The Hall–Kier alpha value is -0.123. The first kappa shape index (κ1) is 11.4. The van der Waals surface area contributed by atoms with E-state index in [0.717, 1.165) is 10.2 Å². The Morgan fingerprint density at radius 1 is 1.00 bits per heavy atom. The van der Waals surface area contributed by atoms with Gasteiger partial charge in [-0.15, -0.1) is 6.58 Å². The maximum atomic E-state index is 4.15. The van der Waals surface area contributed by atoms with Gasteiger partial charge in [0.1, 0.15) is 0 Å². The second kappa shape index (κ2) is 5.28. The van der Waals surface area contributed by atoms with Crippen molar-refractivity contribution in [2.75, 3.05) is 26.2 Å². The largest absolute Gasteiger partial charge is 0.288 e. The Morgan fingerprint density at radius 2 is 1.40 bits per heavy atom. The van der Waals surface area contributed by atoms with Gasteiger partial charge < -0.3 is 0 Å². The van der Waals surface area contributed by atoms with Crippen LogP contribution in [0.3, 0.4) is 0 Å². The fourth-order valence-electron chi connectivity index (χ4n) is 2.88. The average molecular weight is 224 g/mol. The number of hydrogen-bond acceptors (Lipinski definition) is 2. The second-order valence-electron chi connectivity index (χ2n) is 5.13. The highest BCUT2D eigenvalue weighted by molar-refractivity contribution is 6.21. The lowest BCUT2D eigenvalue weighted by molar-refractivity contribution is 0.0809. The zero-order valence-corrected chi connectivity index (χ0v) is 12.0. The summed E-state index contributed by atoms with van der Waals surface area (Å²) in [7, 11) is 1.16. The highest BCUT2D eigenvalue weighted by Gasteiger charge is 2.28. The lowest BCUT2D eigenvalue weighted by Crippen LogP contribution is -2.46. The summed E-state index contributed by atoms with van der Waals surface area (Å²) in [5.74, 6) is 0. The SMILES string of the molecule is C=C([SiH3])CC(N1CCCC1)N1CCCC1. The molecule has 0 N–H and O–H groups in total. The lowest BCUT2D eigenvalue weighted by Gasteiger charge is -2.35. The van der Waals surface area contributed by atoms with Gasteiger partial charge in [-0.3, -0.25) is 9.80 Å². The second-order valence-corrected chi connectivity index (χ2v) is 6.54. The molecule has 15 heavy (non-hydrogen) atoms. The third kappa shape index (κ3) is 2.92. The van der Waals surface area contributed by atoms with Crippen molar-refractivity contribution in [1.29, 1.82) is 0 Å². The van der Waals surface area contributed by atoms with Crippen LogP contribution in [0.1, 0.15) is 32.1 Å². The monoisotopic (exact) mass is 224 g/mol. The van der Waals surface area contributed by atoms with Crippen LogP contribution in [0.25, 0.3) is 0 Å². The van der Waals surface area contributed by atoms with Gasteiger partial charge >= 0.3 is 0 Å². The molecule has 86 valence electrons. The van der Waals surface area contributed by atoms with Crippen molar-refractivity contribution < 1.29 is 0 Å². The van der Waals surface area contributed by atoms with E-state index in [1.807, 2.05) is 0 Å². The molecule has 3 heteroatoms. The van der Waals surface area contributed by atoms with Crippen molar-refractivity contribution in [3.05, 3.63) is 11.8 Å². The van der Waals surface area contributed by atoms with Crippen LogP contribution in [0.5, 0.6) is 0 Å². The number of likely N-dealkylation sites (tertiary alicyclic amines) is 2. The third-order valence-corrected chi connectivity index (χ3v) is 4.06. The molecule has 0 radical (unpaired) electrons. The molecule has 0 saturated carbocycles. The molecule has 2 aliphatic heterocycles. The summed E-state index contributed by atoms with van der Waals surface area (Å²) in [6, 6.07) is 0. The van der Waals surface area contributed by atoms with Crippen molar-refractivity contribution in [2.45, 2.75) is 38.3 Å². The van der Waals surface area contributed by atoms with Crippen LogP contribution in [-0.2, 0) is 0 Å². The highest BCUT2D eigenvalue weighted by Crippen LogP contribution is 2.22. The fourth-order valence-corrected chi connectivity index (χ4v) is 3.25. The predicted molar refractivity (Wildman–Crippen MR) is 69.1 cm³/mol. The van der Waals surface area contributed by atoms with E-state index in [1.165, 1.54) is 63.5 Å². The van der Waals surface area contributed by atoms with E-state index in [1.54, 1.807) is 0 Å². The molecule has 2 rings (SSSR count). The summed E-state index contributed by atoms with van der Waals surface area (Å²) in [5.41, 5.74) is 0. The van der Waals surface area contributed by atoms with Crippen LogP contribution in [-0.4, -0.2) is 52.4 Å². The molecule has 2 saturated heterocycles. The Bertz CT molecular complexity index is 202. The van der Waals surface area contributed by atoms with Crippen LogP contribution >= 0.6 is 0 Å². The van der Waals surface area contributed by atoms with E-state index in [-0.39, 0.29) is 0 Å². The molecule has 0 atom stereocenters. The molecule has 2 heterocycles. The standard InChI is InChI=1S/C12H24N2Si/c1-11(15)10-12(13-6-2-3-7-13)14-8-4-5-9-14/h12H,1-10H2,15H3. The van der Waals surface area contributed by atoms with Gasteiger partial charge in [0.2, 0.25) is 0 Å². The van der Waals surface area contributed by atoms with Gasteiger partial charge in [-0.05, 0) is 58.3 Å². The Morgan fingerprint density at radius 3 is 1.73 bits per heavy atom. The van der Waals surface area contributed by atoms with E-state index < -0.39 is 0 Å². The Labute approximate surface area is 96.7 Å². The predicted octanol–water partition coefficient (Wildman–Crippen LogP) is 0.773. The van der Waals surface area contributed by atoms with Gasteiger partial charge in [-0.25, -0.2) is 0 Å². The maximum Gasteiger partial charge on any atom is 0.0656 e. The number of nitrogens with zero attached hydrogens (tertiary/aromatic N) is 2. The van der Waals surface area contributed by atoms with Crippen molar-refractivity contribution >= 4 is 10.2 Å². The zero-order chi connectivity index (χ0) is 10.7. The van der Waals surface area contributed by atoms with Gasteiger partial charge in [0.25, 0.3) is 0 Å². The average Bonchev–Trinajstić information content (AvgIpc) is 2.87. The summed E-state index contributed by atoms with van der Waals surface area (Å²) in [6.45, 7) is 9.41. The zero-order valence-electron chi connectivity index (χ0n) is 10.0. The van der Waals surface area contributed by atoms with E-state index >= 15 is 0 Å². The first-order chi connectivity index (χ1) is 7.27. The minimum absolute atomic E-state index is 0.694. The summed E-state index contributed by atoms with van der Waals surface area (Å²) in [5, 5.41) is 1.47. The van der Waals surface area contributed by atoms with Crippen molar-refractivity contribution in [1.82, 2.24) is 9.80 Å². The molecular weight excluding hydrogens is 200 g/mol. The van der Waals surface area contributed by atoms with Crippen LogP contribution in [0.15, 0.2) is 11.8 Å². The first-order valence-electron chi connectivity index (χ1n) is 6.40. The minimum Gasteiger partial charge on any atom is -0.288 e. The summed E-state index contributed by atoms with van der Waals surface area (Å²) in [6.07, 6.45) is 7.53. The molecule has 0 aromatic heterocycles. The van der Waals surface area contributed by atoms with E-state index in [0.29, 0.717) is 6.17 Å². The van der Waals surface area contributed by atoms with Crippen LogP contribution in [0.4, 0.5) is 0 Å². The van der Waals surface area contributed by atoms with Crippen molar-refractivity contribution in [3.63, 3.8) is 0 Å². The molecule has 0 aromatic carbocycles. The molecule has 0 bridgehead atoms. The summed E-state index contributed by atoms with van der Waals surface area (Å²) < 4.78 is 0. The van der Waals surface area contributed by atoms with Gasteiger partial charge in [0, 0.05) is 10.2 Å². The van der Waals surface area contributed by atoms with Crippen LogP contribution < -0.4 is 0 Å². The molecule has 0 unspecified atom stereocenters. The van der Waals surface area contributed by atoms with Crippen LogP contribution in [0, 0.1) is 0 Å². The number of hydrogen-bond donors (Lipinski definition) is 0. The maximum absolute atomic E-state index is 4.15. The highest BCUT2D eigenvalue weighted by atomic mass is 28.1. The van der Waals surface area contributed by atoms with Crippen LogP contribution in [0.2, 0.25) is 0 Å². The van der Waals surface area contributed by atoms with Gasteiger partial charge in [0.15, 0.2) is 0 Å². The van der Waals surface area contributed by atoms with Gasteiger partial charge in [-0.2, -0.15) is 0 Å². The van der Waals surface area contributed by atoms with Gasteiger partial charge in [-0.1, -0.05) is 5.20 Å². The lowest BCUT2D eigenvalue weighted by atomic mass is 10.2. The minimum atomic E-state index is 0.694. The molecule has 2 aliphatic rings. The number of rotatable bonds is 4. The topological polar surface area (TPSA) is 6.48 Å². The van der Waals surface area contributed by atoms with E-state index in [9.17, 15) is 0 Å². The first-order valence-corrected chi connectivity index (χ1v) is 7.40. The molecule has 0 spiro atoms. The van der Waals surface area contributed by atoms with Crippen molar-refractivity contribution in [2.24, 2.45) is 0 Å². The molecule has 2 nitrogen and oxygen atoms in total. The molecule has 0 aromatic rings. The van der Waals surface area contributed by atoms with E-state index in [2.05, 4.69) is 16.4 Å². The normalized spacial score (nSPS) is 24.3. The fraction of sp³-hybridized carbons (Fsp3) is 0.833. The van der Waals surface area contributed by atoms with Crippen molar-refractivity contribution in [3.8, 4) is 0 Å². The molecule has 2 fully saturated rings. The van der Waals surface area contributed by atoms with E-state index in [4.69, 9.17) is 0 Å². The Kier molecular flexibility index (Phi) is 4.00. The smallest absolute Gasteiger partial charge is 0.0656 e. The summed E-state index contributed by atoms with van der Waals surface area (Å²) >= 11 is 0. The van der Waals surface area contributed by atoms with Gasteiger partial charge in [0.05, 0.1) is 6.17 Å². The molecule has 0 amide bonds. The Balaban J connectivity index is 1.97. The molecular formula is C12H24N2Si.